The van der Waals surface area contributed by atoms with Gasteiger partial charge in [-0.1, -0.05) is 0 Å². The molecule has 0 bridgehead atoms. The van der Waals surface area contributed by atoms with E-state index in [1.165, 1.54) is 6.20 Å². The lowest BCUT2D eigenvalue weighted by molar-refractivity contribution is 0.0447. The van der Waals surface area contributed by atoms with Crippen molar-refractivity contribution in [1.82, 2.24) is 14.6 Å². The average molecular weight is 432 g/mol. The van der Waals surface area contributed by atoms with Crippen molar-refractivity contribution in [2.75, 3.05) is 29.9 Å². The summed E-state index contributed by atoms with van der Waals surface area (Å²) in [6.45, 7) is 3.21. The van der Waals surface area contributed by atoms with Crippen LogP contribution in [0.3, 0.4) is 0 Å². The molecule has 1 aromatic carbocycles. The predicted octanol–water partition coefficient (Wildman–Crippen LogP) is 2.41. The Kier molecular flexibility index (Phi) is 4.94. The molecule has 3 aromatic rings. The fourth-order valence-corrected chi connectivity index (χ4v) is 4.43. The minimum Gasteiger partial charge on any atom is -0.484 e. The zero-order chi connectivity index (χ0) is 22.3. The maximum absolute atomic E-state index is 13.2. The summed E-state index contributed by atoms with van der Waals surface area (Å²) in [7, 11) is 0. The zero-order valence-corrected chi connectivity index (χ0v) is 17.8. The molecule has 164 valence electrons. The van der Waals surface area contributed by atoms with Crippen molar-refractivity contribution >= 4 is 22.9 Å². The van der Waals surface area contributed by atoms with Crippen molar-refractivity contribution in [3.63, 3.8) is 0 Å². The van der Waals surface area contributed by atoms with Crippen LogP contribution in [0.2, 0.25) is 0 Å². The highest BCUT2D eigenvalue weighted by molar-refractivity contribution is 6.09. The Hall–Kier alpha value is -3.64. The fraction of sp³-hybridized carbons (Fsp3) is 0.391. The second kappa shape index (κ2) is 7.80. The van der Waals surface area contributed by atoms with Gasteiger partial charge in [0.2, 0.25) is 0 Å². The van der Waals surface area contributed by atoms with Crippen LogP contribution in [-0.4, -0.2) is 50.9 Å². The highest BCUT2D eigenvalue weighted by Gasteiger charge is 2.36. The van der Waals surface area contributed by atoms with Crippen LogP contribution < -0.4 is 15.0 Å². The average Bonchev–Trinajstić information content (AvgIpc) is 3.39. The van der Waals surface area contributed by atoms with Crippen molar-refractivity contribution in [3.8, 4) is 11.8 Å². The number of aromatic nitrogens is 3. The molecule has 9 heteroatoms. The number of nitrogens with zero attached hydrogens (tertiary/aromatic N) is 5. The standard InChI is InChI=1S/C23H24N6O3/c1-23(14-30)11-16-9-18(27-22(31)17-13-26-29-6-2-5-25-21(17)29)19(10-20(16)32-23)28-7-3-15(12-24)4-8-28/h2,5-6,9-10,13,15,30H,3-4,7-8,11,14H2,1H3,(H,27,31)/t23-/m0/s1. The van der Waals surface area contributed by atoms with E-state index in [1.54, 1.807) is 23.0 Å². The summed E-state index contributed by atoms with van der Waals surface area (Å²) in [5, 5.41) is 26.3. The number of fused-ring (bicyclic) bond motifs is 2. The monoisotopic (exact) mass is 432 g/mol. The van der Waals surface area contributed by atoms with Gasteiger partial charge >= 0.3 is 0 Å². The van der Waals surface area contributed by atoms with E-state index in [0.29, 0.717) is 23.3 Å². The molecule has 1 amide bonds. The van der Waals surface area contributed by atoms with Crippen molar-refractivity contribution in [1.29, 1.82) is 5.26 Å². The van der Waals surface area contributed by atoms with Crippen LogP contribution in [-0.2, 0) is 6.42 Å². The van der Waals surface area contributed by atoms with E-state index in [1.807, 2.05) is 19.1 Å². The number of benzene rings is 1. The first-order valence-electron chi connectivity index (χ1n) is 10.7. The highest BCUT2D eigenvalue weighted by atomic mass is 16.5. The van der Waals surface area contributed by atoms with E-state index in [9.17, 15) is 15.2 Å². The van der Waals surface area contributed by atoms with Gasteiger partial charge in [-0.25, -0.2) is 9.50 Å². The number of rotatable bonds is 4. The normalized spacial score (nSPS) is 20.6. The Morgan fingerprint density at radius 2 is 2.22 bits per heavy atom. The Bertz CT molecular complexity index is 1220. The number of nitrogens with one attached hydrogen (secondary N) is 1. The Morgan fingerprint density at radius 3 is 2.97 bits per heavy atom. The molecule has 0 aliphatic carbocycles. The molecule has 0 unspecified atom stereocenters. The van der Waals surface area contributed by atoms with Crippen molar-refractivity contribution in [2.45, 2.75) is 31.8 Å². The summed E-state index contributed by atoms with van der Waals surface area (Å²) in [6, 6.07) is 7.97. The summed E-state index contributed by atoms with van der Waals surface area (Å²) in [6.07, 6.45) is 6.97. The molecule has 2 aliphatic heterocycles. The second-order valence-corrected chi connectivity index (χ2v) is 8.65. The van der Waals surface area contributed by atoms with Crippen LogP contribution in [0.5, 0.6) is 5.75 Å². The maximum atomic E-state index is 13.2. The molecule has 0 saturated carbocycles. The topological polar surface area (TPSA) is 116 Å². The molecule has 2 aliphatic rings. The van der Waals surface area contributed by atoms with Gasteiger partial charge in [0.25, 0.3) is 5.91 Å². The zero-order valence-electron chi connectivity index (χ0n) is 17.8. The quantitative estimate of drug-likeness (QED) is 0.650. The van der Waals surface area contributed by atoms with E-state index >= 15 is 0 Å². The van der Waals surface area contributed by atoms with Gasteiger partial charge in [0.15, 0.2) is 5.65 Å². The largest absolute Gasteiger partial charge is 0.484 e. The van der Waals surface area contributed by atoms with Crippen molar-refractivity contribution in [3.05, 3.63) is 47.9 Å². The molecule has 2 aromatic heterocycles. The molecular formula is C23H24N6O3. The number of ether oxygens (including phenoxy) is 1. The van der Waals surface area contributed by atoms with Crippen LogP contribution in [0, 0.1) is 17.2 Å². The summed E-state index contributed by atoms with van der Waals surface area (Å²) in [4.78, 5) is 19.6. The summed E-state index contributed by atoms with van der Waals surface area (Å²) in [5.74, 6) is 0.475. The number of hydrogen-bond acceptors (Lipinski definition) is 7. The summed E-state index contributed by atoms with van der Waals surface area (Å²) in [5.41, 5.74) is 2.65. The lowest BCUT2D eigenvalue weighted by Gasteiger charge is -2.32. The van der Waals surface area contributed by atoms with Crippen LogP contribution in [0.4, 0.5) is 11.4 Å². The third-order valence-corrected chi connectivity index (χ3v) is 6.22. The van der Waals surface area contributed by atoms with Crippen LogP contribution in [0.1, 0.15) is 35.7 Å². The number of amides is 1. The van der Waals surface area contributed by atoms with Gasteiger partial charge < -0.3 is 20.1 Å². The number of aliphatic hydroxyl groups excluding tert-OH is 1. The molecule has 5 rings (SSSR count). The molecule has 4 heterocycles. The molecule has 9 nitrogen and oxygen atoms in total. The number of hydrogen-bond donors (Lipinski definition) is 2. The first-order valence-corrected chi connectivity index (χ1v) is 10.7. The molecule has 0 radical (unpaired) electrons. The van der Waals surface area contributed by atoms with Gasteiger partial charge in [0, 0.05) is 49.5 Å². The lowest BCUT2D eigenvalue weighted by atomic mass is 9.96. The third kappa shape index (κ3) is 3.52. The summed E-state index contributed by atoms with van der Waals surface area (Å²) >= 11 is 0. The third-order valence-electron chi connectivity index (χ3n) is 6.22. The SMILES string of the molecule is C[C@@]1(CO)Cc2cc(NC(=O)c3cnn4cccnc34)c(N3CCC(C#N)CC3)cc2O1. The van der Waals surface area contributed by atoms with Crippen LogP contribution >= 0.6 is 0 Å². The lowest BCUT2D eigenvalue weighted by Crippen LogP contribution is -2.34. The van der Waals surface area contributed by atoms with Crippen molar-refractivity contribution in [2.24, 2.45) is 5.92 Å². The number of anilines is 2. The van der Waals surface area contributed by atoms with Gasteiger partial charge in [-0.15, -0.1) is 0 Å². The number of carbonyl (C=O) groups excluding carboxylic acids is 1. The number of aliphatic hydroxyl groups is 1. The van der Waals surface area contributed by atoms with E-state index in [4.69, 9.17) is 4.74 Å². The first kappa shape index (κ1) is 20.3. The van der Waals surface area contributed by atoms with Gasteiger partial charge in [-0.05, 0) is 31.9 Å². The first-order chi connectivity index (χ1) is 15.5. The predicted molar refractivity (Wildman–Crippen MR) is 118 cm³/mol. The second-order valence-electron chi connectivity index (χ2n) is 8.65. The number of carbonyl (C=O) groups is 1. The fourth-order valence-electron chi connectivity index (χ4n) is 4.43. The van der Waals surface area contributed by atoms with Gasteiger partial charge in [0.05, 0.1) is 30.2 Å². The van der Waals surface area contributed by atoms with Gasteiger partial charge in [0.1, 0.15) is 16.9 Å². The van der Waals surface area contributed by atoms with E-state index in [2.05, 4.69) is 26.4 Å². The minimum absolute atomic E-state index is 0.0532. The Balaban J connectivity index is 1.50. The molecule has 32 heavy (non-hydrogen) atoms. The Labute approximate surface area is 185 Å². The molecule has 0 spiro atoms. The Morgan fingerprint density at radius 1 is 1.41 bits per heavy atom. The van der Waals surface area contributed by atoms with E-state index < -0.39 is 5.60 Å². The maximum Gasteiger partial charge on any atom is 0.261 e. The van der Waals surface area contributed by atoms with Crippen LogP contribution in [0.25, 0.3) is 5.65 Å². The molecule has 2 N–H and O–H groups in total. The molecule has 1 saturated heterocycles. The van der Waals surface area contributed by atoms with Gasteiger partial charge in [-0.3, -0.25) is 4.79 Å². The van der Waals surface area contributed by atoms with Crippen molar-refractivity contribution < 1.29 is 14.6 Å². The van der Waals surface area contributed by atoms with E-state index in [-0.39, 0.29) is 18.4 Å². The number of piperidine rings is 1. The minimum atomic E-state index is -0.678. The van der Waals surface area contributed by atoms with E-state index in [0.717, 1.165) is 42.9 Å². The highest BCUT2D eigenvalue weighted by Crippen LogP contribution is 2.42. The smallest absolute Gasteiger partial charge is 0.261 e. The molecule has 1 atom stereocenters. The number of nitriles is 1. The molecule has 1 fully saturated rings. The summed E-state index contributed by atoms with van der Waals surface area (Å²) < 4.78 is 7.60. The van der Waals surface area contributed by atoms with Gasteiger partial charge in [-0.2, -0.15) is 10.4 Å². The molecular weight excluding hydrogens is 408 g/mol. The van der Waals surface area contributed by atoms with Crippen LogP contribution in [0.15, 0.2) is 36.8 Å².